The highest BCUT2D eigenvalue weighted by molar-refractivity contribution is 6.28. The summed E-state index contributed by atoms with van der Waals surface area (Å²) in [6.45, 7) is -0.0417. The van der Waals surface area contributed by atoms with Gasteiger partial charge in [-0.2, -0.15) is 0 Å². The summed E-state index contributed by atoms with van der Waals surface area (Å²) in [7, 11) is 0. The zero-order valence-electron chi connectivity index (χ0n) is 11.2. The van der Waals surface area contributed by atoms with Crippen LogP contribution in [0, 0.1) is 0 Å². The van der Waals surface area contributed by atoms with Gasteiger partial charge in [0.15, 0.2) is 0 Å². The molecule has 3 rings (SSSR count). The lowest BCUT2D eigenvalue weighted by Gasteiger charge is -2.18. The van der Waals surface area contributed by atoms with Crippen molar-refractivity contribution in [1.29, 1.82) is 0 Å². The van der Waals surface area contributed by atoms with Crippen molar-refractivity contribution in [2.45, 2.75) is 6.04 Å². The smallest absolute Gasteiger partial charge is 0.224 e. The molecule has 0 spiro atoms. The molecule has 0 radical (unpaired) electrons. The molecule has 0 saturated heterocycles. The van der Waals surface area contributed by atoms with Gasteiger partial charge in [-0.15, -0.1) is 0 Å². The molecule has 0 aliphatic heterocycles. The van der Waals surface area contributed by atoms with Crippen molar-refractivity contribution in [3.63, 3.8) is 0 Å². The molecule has 4 nitrogen and oxygen atoms in total. The first-order valence-electron chi connectivity index (χ1n) is 6.62. The second-order valence-corrected chi connectivity index (χ2v) is 4.99. The summed E-state index contributed by atoms with van der Waals surface area (Å²) in [4.78, 5) is 8.44. The SMILES string of the molecule is OCC(Nc1nc(Cl)nc2ccccc12)c1ccccc1. The summed E-state index contributed by atoms with van der Waals surface area (Å²) >= 11 is 5.97. The van der Waals surface area contributed by atoms with Crippen molar-refractivity contribution in [3.05, 3.63) is 65.4 Å². The molecule has 1 aromatic heterocycles. The van der Waals surface area contributed by atoms with Gasteiger partial charge in [0.05, 0.1) is 18.2 Å². The monoisotopic (exact) mass is 299 g/mol. The van der Waals surface area contributed by atoms with Crippen molar-refractivity contribution in [1.82, 2.24) is 9.97 Å². The Balaban J connectivity index is 2.00. The average Bonchev–Trinajstić information content (AvgIpc) is 2.53. The molecule has 0 amide bonds. The van der Waals surface area contributed by atoms with Crippen molar-refractivity contribution in [2.24, 2.45) is 0 Å². The Labute approximate surface area is 127 Å². The molecule has 1 heterocycles. The maximum absolute atomic E-state index is 9.64. The Morgan fingerprint density at radius 1 is 1.00 bits per heavy atom. The first kappa shape index (κ1) is 13.8. The first-order chi connectivity index (χ1) is 10.3. The van der Waals surface area contributed by atoms with Crippen LogP contribution in [0.3, 0.4) is 0 Å². The molecule has 0 fully saturated rings. The number of halogens is 1. The van der Waals surface area contributed by atoms with Crippen LogP contribution in [-0.2, 0) is 0 Å². The topological polar surface area (TPSA) is 58.0 Å². The predicted octanol–water partition coefficient (Wildman–Crippen LogP) is 3.43. The number of fused-ring (bicyclic) bond motifs is 1. The quantitative estimate of drug-likeness (QED) is 0.725. The number of hydrogen-bond acceptors (Lipinski definition) is 4. The number of aliphatic hydroxyl groups excluding tert-OH is 1. The highest BCUT2D eigenvalue weighted by Gasteiger charge is 2.13. The lowest BCUT2D eigenvalue weighted by molar-refractivity contribution is 0.276. The number of nitrogens with zero attached hydrogens (tertiary/aromatic N) is 2. The van der Waals surface area contributed by atoms with Gasteiger partial charge in [-0.3, -0.25) is 0 Å². The molecule has 1 unspecified atom stereocenters. The fourth-order valence-corrected chi connectivity index (χ4v) is 2.42. The van der Waals surface area contributed by atoms with E-state index in [1.165, 1.54) is 0 Å². The van der Waals surface area contributed by atoms with Crippen molar-refractivity contribution >= 4 is 28.3 Å². The van der Waals surface area contributed by atoms with Crippen LogP contribution >= 0.6 is 11.6 Å². The minimum absolute atomic E-state index is 0.0417. The Morgan fingerprint density at radius 3 is 2.48 bits per heavy atom. The Morgan fingerprint density at radius 2 is 1.71 bits per heavy atom. The molecule has 21 heavy (non-hydrogen) atoms. The maximum Gasteiger partial charge on any atom is 0.224 e. The summed E-state index contributed by atoms with van der Waals surface area (Å²) in [5.41, 5.74) is 1.75. The second-order valence-electron chi connectivity index (χ2n) is 4.65. The third-order valence-electron chi connectivity index (χ3n) is 3.27. The number of nitrogens with one attached hydrogen (secondary N) is 1. The van der Waals surface area contributed by atoms with Gasteiger partial charge in [0, 0.05) is 5.39 Å². The van der Waals surface area contributed by atoms with Crippen molar-refractivity contribution < 1.29 is 5.11 Å². The van der Waals surface area contributed by atoms with E-state index < -0.39 is 0 Å². The number of aliphatic hydroxyl groups is 1. The van der Waals surface area contributed by atoms with Gasteiger partial charge in [-0.05, 0) is 29.3 Å². The molecule has 0 aliphatic rings. The minimum Gasteiger partial charge on any atom is -0.394 e. The summed E-state index contributed by atoms with van der Waals surface area (Å²) in [5, 5.41) is 13.9. The molecule has 106 valence electrons. The highest BCUT2D eigenvalue weighted by Crippen LogP contribution is 2.25. The number of anilines is 1. The molecule has 0 saturated carbocycles. The third kappa shape index (κ3) is 2.96. The summed E-state index contributed by atoms with van der Waals surface area (Å²) in [5.74, 6) is 0.619. The molecule has 3 aromatic rings. The van der Waals surface area contributed by atoms with Gasteiger partial charge in [-0.1, -0.05) is 42.5 Å². The zero-order valence-corrected chi connectivity index (χ0v) is 12.0. The van der Waals surface area contributed by atoms with E-state index >= 15 is 0 Å². The van der Waals surface area contributed by atoms with E-state index in [1.54, 1.807) is 0 Å². The molecule has 2 N–H and O–H groups in total. The van der Waals surface area contributed by atoms with Crippen LogP contribution < -0.4 is 5.32 Å². The predicted molar refractivity (Wildman–Crippen MR) is 84.4 cm³/mol. The standard InChI is InChI=1S/C16H14ClN3O/c17-16-19-13-9-5-4-8-12(13)15(20-16)18-14(10-21)11-6-2-1-3-7-11/h1-9,14,21H,10H2,(H,18,19,20). The highest BCUT2D eigenvalue weighted by atomic mass is 35.5. The molecule has 5 heteroatoms. The third-order valence-corrected chi connectivity index (χ3v) is 3.44. The van der Waals surface area contributed by atoms with Gasteiger partial charge in [-0.25, -0.2) is 9.97 Å². The van der Waals surface area contributed by atoms with Crippen molar-refractivity contribution in [2.75, 3.05) is 11.9 Å². The molecular weight excluding hydrogens is 286 g/mol. The number of aromatic nitrogens is 2. The Bertz CT molecular complexity index is 749. The first-order valence-corrected chi connectivity index (χ1v) is 7.00. The molecule has 2 aromatic carbocycles. The van der Waals surface area contributed by atoms with Crippen LogP contribution in [0.1, 0.15) is 11.6 Å². The van der Waals surface area contributed by atoms with Crippen molar-refractivity contribution in [3.8, 4) is 0 Å². The van der Waals surface area contributed by atoms with Crippen LogP contribution in [0.25, 0.3) is 10.9 Å². The van der Waals surface area contributed by atoms with Gasteiger partial charge in [0.1, 0.15) is 5.82 Å². The van der Waals surface area contributed by atoms with E-state index in [0.29, 0.717) is 5.82 Å². The van der Waals surface area contributed by atoms with Crippen LogP contribution in [0.5, 0.6) is 0 Å². The van der Waals surface area contributed by atoms with Gasteiger partial charge < -0.3 is 10.4 Å². The normalized spacial score (nSPS) is 12.3. The van der Waals surface area contributed by atoms with Crippen LogP contribution in [-0.4, -0.2) is 21.7 Å². The minimum atomic E-state index is -0.249. The van der Waals surface area contributed by atoms with Gasteiger partial charge >= 0.3 is 0 Å². The van der Waals surface area contributed by atoms with E-state index in [2.05, 4.69) is 15.3 Å². The van der Waals surface area contributed by atoms with Gasteiger partial charge in [0.25, 0.3) is 0 Å². The number of rotatable bonds is 4. The number of hydrogen-bond donors (Lipinski definition) is 2. The van der Waals surface area contributed by atoms with E-state index in [-0.39, 0.29) is 17.9 Å². The molecule has 0 aliphatic carbocycles. The lowest BCUT2D eigenvalue weighted by atomic mass is 10.1. The Kier molecular flexibility index (Phi) is 3.99. The Hall–Kier alpha value is -2.17. The molecule has 0 bridgehead atoms. The van der Waals surface area contributed by atoms with Crippen LogP contribution in [0.15, 0.2) is 54.6 Å². The molecular formula is C16H14ClN3O. The fraction of sp³-hybridized carbons (Fsp3) is 0.125. The van der Waals surface area contributed by atoms with E-state index in [1.807, 2.05) is 54.6 Å². The summed E-state index contributed by atoms with van der Waals surface area (Å²) < 4.78 is 0. The van der Waals surface area contributed by atoms with E-state index in [4.69, 9.17) is 11.6 Å². The maximum atomic E-state index is 9.64. The van der Waals surface area contributed by atoms with Gasteiger partial charge in [0.2, 0.25) is 5.28 Å². The van der Waals surface area contributed by atoms with Crippen LogP contribution in [0.4, 0.5) is 5.82 Å². The van der Waals surface area contributed by atoms with E-state index in [9.17, 15) is 5.11 Å². The average molecular weight is 300 g/mol. The zero-order chi connectivity index (χ0) is 14.7. The summed E-state index contributed by atoms with van der Waals surface area (Å²) in [6.07, 6.45) is 0. The van der Waals surface area contributed by atoms with Crippen LogP contribution in [0.2, 0.25) is 5.28 Å². The largest absolute Gasteiger partial charge is 0.394 e. The molecule has 1 atom stereocenters. The van der Waals surface area contributed by atoms with E-state index in [0.717, 1.165) is 16.5 Å². The number of para-hydroxylation sites is 1. The second kappa shape index (κ2) is 6.08. The fourth-order valence-electron chi connectivity index (χ4n) is 2.24. The summed E-state index contributed by atoms with van der Waals surface area (Å²) in [6, 6.07) is 17.1. The lowest BCUT2D eigenvalue weighted by Crippen LogP contribution is -2.16. The number of benzene rings is 2.